The molecule has 1 atom stereocenters. The van der Waals surface area contributed by atoms with Crippen molar-refractivity contribution in [1.82, 2.24) is 34.5 Å². The molecule has 3 N–H and O–H groups in total. The number of benzene rings is 5. The number of carboxylic acid groups (broad SMARTS) is 1. The first-order chi connectivity index (χ1) is 43.5. The van der Waals surface area contributed by atoms with Crippen molar-refractivity contribution in [3.05, 3.63) is 161 Å². The van der Waals surface area contributed by atoms with E-state index in [-0.39, 0.29) is 56.2 Å². The summed E-state index contributed by atoms with van der Waals surface area (Å²) in [7, 11) is 3.81. The summed E-state index contributed by atoms with van der Waals surface area (Å²) in [6.45, 7) is 11.6. The van der Waals surface area contributed by atoms with Gasteiger partial charge in [-0.1, -0.05) is 86.0 Å². The van der Waals surface area contributed by atoms with Crippen LogP contribution in [0.25, 0.3) is 43.2 Å². The van der Waals surface area contributed by atoms with Crippen LogP contribution >= 0.6 is 34.9 Å². The molecule has 468 valence electrons. The van der Waals surface area contributed by atoms with Crippen molar-refractivity contribution >= 4 is 75.0 Å². The fraction of sp³-hybridized carbons (Fsp3) is 0.313. The van der Waals surface area contributed by atoms with Crippen LogP contribution in [-0.2, 0) is 50.1 Å². The maximum atomic E-state index is 14.5. The molecule has 0 spiro atoms. The van der Waals surface area contributed by atoms with E-state index in [1.165, 1.54) is 34.1 Å². The smallest absolute Gasteiger partial charge is 0.345 e. The number of hydrogen-bond donors (Lipinski definition) is 3. The highest BCUT2D eigenvalue weighted by Crippen LogP contribution is 2.49. The van der Waals surface area contributed by atoms with Crippen molar-refractivity contribution in [2.75, 3.05) is 84.3 Å². The number of carboxylic acids is 1. The summed E-state index contributed by atoms with van der Waals surface area (Å²) in [6, 6.07) is 31.9. The van der Waals surface area contributed by atoms with Gasteiger partial charge >= 0.3 is 5.97 Å². The lowest BCUT2D eigenvalue weighted by Crippen LogP contribution is -2.57. The Labute approximate surface area is 535 Å². The number of amides is 3. The number of para-hydroxylation sites is 2. The number of ether oxygens (including phenoxy) is 5. The first-order valence-corrected chi connectivity index (χ1v) is 31.3. The molecule has 90 heavy (non-hydrogen) atoms. The molecule has 5 aromatic carbocycles. The molecule has 0 radical (unpaired) electrons. The number of methoxy groups -OCH3 is 1. The summed E-state index contributed by atoms with van der Waals surface area (Å²) < 4.78 is 47.2. The molecule has 8 aromatic rings. The number of anilines is 1. The maximum absolute atomic E-state index is 14.5. The third-order valence-electron chi connectivity index (χ3n) is 15.1. The van der Waals surface area contributed by atoms with Crippen molar-refractivity contribution < 1.29 is 56.8 Å². The van der Waals surface area contributed by atoms with Crippen LogP contribution in [0.1, 0.15) is 41.8 Å². The van der Waals surface area contributed by atoms with E-state index in [1.54, 1.807) is 55.8 Å². The Morgan fingerprint density at radius 3 is 2.42 bits per heavy atom. The molecule has 1 aliphatic heterocycles. The number of halogens is 2. The second-order valence-corrected chi connectivity index (χ2v) is 24.5. The van der Waals surface area contributed by atoms with E-state index in [9.17, 15) is 28.7 Å². The number of hydrogen-bond acceptors (Lipinski definition) is 16. The molecule has 9 rings (SSSR count). The van der Waals surface area contributed by atoms with Gasteiger partial charge in [-0.05, 0) is 107 Å². The number of rotatable bonds is 30. The van der Waals surface area contributed by atoms with Gasteiger partial charge in [-0.3, -0.25) is 23.6 Å². The van der Waals surface area contributed by atoms with E-state index >= 15 is 0 Å². The number of thiophene rings is 1. The summed E-state index contributed by atoms with van der Waals surface area (Å²) in [5.74, 6) is 2.43. The quantitative estimate of drug-likeness (QED) is 0.0125. The summed E-state index contributed by atoms with van der Waals surface area (Å²) in [4.78, 5) is 71.9. The number of nitrogens with one attached hydrogen (secondary N) is 2. The number of carbonyl (C=O) groups is 4. The number of fused-ring (bicyclic) bond motifs is 1. The molecule has 1 unspecified atom stereocenters. The lowest BCUT2D eigenvalue weighted by molar-refractivity contribution is -0.926. The number of nitrogens with zero attached hydrogens (tertiary/aromatic N) is 7. The van der Waals surface area contributed by atoms with Gasteiger partial charge in [0.2, 0.25) is 30.2 Å². The molecule has 0 aliphatic carbocycles. The van der Waals surface area contributed by atoms with Gasteiger partial charge in [0.1, 0.15) is 60.6 Å². The zero-order valence-corrected chi connectivity index (χ0v) is 53.0. The van der Waals surface area contributed by atoms with Crippen molar-refractivity contribution in [2.24, 2.45) is 5.92 Å². The molecule has 0 saturated carbocycles. The average molecular weight is 1280 g/mol. The Balaban J connectivity index is 0.852. The molecule has 3 amide bonds. The topological polar surface area (TPSA) is 217 Å². The molecule has 1 saturated heterocycles. The Morgan fingerprint density at radius 1 is 0.911 bits per heavy atom. The third kappa shape index (κ3) is 17.2. The second kappa shape index (κ2) is 31.2. The van der Waals surface area contributed by atoms with Crippen LogP contribution in [0.15, 0.2) is 122 Å². The van der Waals surface area contributed by atoms with Gasteiger partial charge in [0, 0.05) is 60.5 Å². The van der Waals surface area contributed by atoms with Gasteiger partial charge in [0.05, 0.1) is 67.8 Å². The molecule has 23 heteroatoms. The Hall–Kier alpha value is -8.69. The number of aromatic nitrogens is 4. The Morgan fingerprint density at radius 2 is 1.68 bits per heavy atom. The lowest BCUT2D eigenvalue weighted by atomic mass is 9.96. The fourth-order valence-electron chi connectivity index (χ4n) is 10.4. The van der Waals surface area contributed by atoms with Crippen molar-refractivity contribution in [3.63, 3.8) is 0 Å². The number of carbonyl (C=O) groups excluding carboxylic acids is 3. The van der Waals surface area contributed by atoms with Gasteiger partial charge < -0.3 is 43.9 Å². The average Bonchev–Trinajstić information content (AvgIpc) is 1.59. The highest BCUT2D eigenvalue weighted by Gasteiger charge is 2.32. The first kappa shape index (κ1) is 65.7. The third-order valence-corrected chi connectivity index (χ3v) is 17.6. The minimum absolute atomic E-state index is 0.00676. The van der Waals surface area contributed by atoms with Crippen LogP contribution in [0, 0.1) is 31.0 Å². The first-order valence-electron chi connectivity index (χ1n) is 29.1. The molecule has 1 aliphatic rings. The predicted octanol–water partition coefficient (Wildman–Crippen LogP) is 10.6. The van der Waals surface area contributed by atoms with E-state index in [0.717, 1.165) is 59.3 Å². The van der Waals surface area contributed by atoms with E-state index in [2.05, 4.69) is 43.5 Å². The second-order valence-electron chi connectivity index (χ2n) is 22.1. The van der Waals surface area contributed by atoms with Crippen LogP contribution in [0.4, 0.5) is 10.1 Å². The zero-order valence-electron chi connectivity index (χ0n) is 50.6. The lowest BCUT2D eigenvalue weighted by Gasteiger charge is -2.42. The predicted molar refractivity (Wildman–Crippen MR) is 347 cm³/mol. The number of aliphatic carboxylic acids is 1. The molecular weight excluding hydrogens is 1210 g/mol. The summed E-state index contributed by atoms with van der Waals surface area (Å²) in [5, 5.41) is 17.1. The van der Waals surface area contributed by atoms with Gasteiger partial charge in [-0.15, -0.1) is 17.8 Å². The molecular formula is C67H70ClFN9O10S2+. The summed E-state index contributed by atoms with van der Waals surface area (Å²) in [5.41, 5.74) is 7.10. The minimum atomic E-state index is -1.43. The van der Waals surface area contributed by atoms with Gasteiger partial charge in [-0.2, -0.15) is 0 Å². The maximum Gasteiger partial charge on any atom is 0.345 e. The normalized spacial score (nSPS) is 13.3. The van der Waals surface area contributed by atoms with Gasteiger partial charge in [0.15, 0.2) is 5.82 Å². The summed E-state index contributed by atoms with van der Waals surface area (Å²) in [6.07, 6.45) is 7.66. The SMILES string of the molecule is C#CCOCc1cc(NC(=O)CNC(=O)CSN(C=O)CC(C)C)ccc1C[N+]1(C)CCN(CCOc2ccc(-c3c(-c4ccc(F)cc4)sc4ncnc(OC(Cc5ccccc5OCc5ccnc(-c6ccccc6OC)n5)C(=O)O)c34)c(C)c2Cl)CC1. The number of quaternary nitrogens is 1. The largest absolute Gasteiger partial charge is 0.496 e. The van der Waals surface area contributed by atoms with Gasteiger partial charge in [-0.25, -0.2) is 29.1 Å². The molecule has 1 fully saturated rings. The molecule has 19 nitrogen and oxygen atoms in total. The Bertz CT molecular complexity index is 3880. The van der Waals surface area contributed by atoms with Crippen LogP contribution in [0.5, 0.6) is 23.1 Å². The van der Waals surface area contributed by atoms with E-state index < -0.39 is 23.8 Å². The van der Waals surface area contributed by atoms with Crippen molar-refractivity contribution in [3.8, 4) is 68.4 Å². The number of likely N-dealkylation sites (N-methyl/N-ethyl adjacent to an activating group) is 1. The molecule has 4 heterocycles. The number of piperazine rings is 1. The number of terminal acetylenes is 1. The summed E-state index contributed by atoms with van der Waals surface area (Å²) >= 11 is 9.67. The van der Waals surface area contributed by atoms with E-state index in [1.807, 2.05) is 75.4 Å². The standard InChI is InChI=1S/C67H69ClFN9O10S2/c1-7-31-85-38-48-33-50(74-58(80)35-71-59(81)40-89-77(42-79)36-43(2)3)21-18-47(48)37-78(5)29-26-76(27-30-78)28-32-86-56-23-22-52(44(4)62(56)68)60-61-65(72-41-73-66(61)90-63(60)45-16-19-49(69)20-17-45)88-57(67(82)83)34-46-12-8-10-14-54(46)87-39-51-24-25-70-64(75-51)53-13-9-11-15-55(53)84-6/h1,8-25,33,41-43,57H,26-32,34-40H2,2-6H3,(H2-,71,74,80,81,82,83)/p+1. The van der Waals surface area contributed by atoms with E-state index in [0.29, 0.717) is 115 Å². The van der Waals surface area contributed by atoms with Crippen LogP contribution in [0.3, 0.4) is 0 Å². The molecule has 0 bridgehead atoms. The monoisotopic (exact) mass is 1280 g/mol. The molecule has 3 aromatic heterocycles. The van der Waals surface area contributed by atoms with Crippen LogP contribution < -0.4 is 29.6 Å². The highest BCUT2D eigenvalue weighted by atomic mass is 35.5. The Kier molecular flexibility index (Phi) is 22.8. The van der Waals surface area contributed by atoms with Gasteiger partial charge in [0.25, 0.3) is 0 Å². The van der Waals surface area contributed by atoms with Crippen molar-refractivity contribution in [1.29, 1.82) is 0 Å². The van der Waals surface area contributed by atoms with Crippen molar-refractivity contribution in [2.45, 2.75) is 53.1 Å². The van der Waals surface area contributed by atoms with Crippen LogP contribution in [0.2, 0.25) is 5.02 Å². The van der Waals surface area contributed by atoms with Crippen LogP contribution in [-0.4, -0.2) is 148 Å². The zero-order chi connectivity index (χ0) is 63.7. The fourth-order valence-corrected chi connectivity index (χ4v) is 12.6. The minimum Gasteiger partial charge on any atom is -0.496 e. The van der Waals surface area contributed by atoms with E-state index in [4.69, 9.17) is 46.7 Å². The highest BCUT2D eigenvalue weighted by molar-refractivity contribution is 7.98.